The summed E-state index contributed by atoms with van der Waals surface area (Å²) >= 11 is 18.9. The number of nitrogens with zero attached hydrogens (tertiary/aromatic N) is 2. The molecular weight excluding hydrogens is 421 g/mol. The van der Waals surface area contributed by atoms with Gasteiger partial charge in [0.2, 0.25) is 5.13 Å². The van der Waals surface area contributed by atoms with Crippen molar-refractivity contribution in [3.8, 4) is 22.1 Å². The van der Waals surface area contributed by atoms with Crippen molar-refractivity contribution >= 4 is 57.2 Å². The Morgan fingerprint density at radius 1 is 1.15 bits per heavy atom. The maximum Gasteiger partial charge on any atom is 0.257 e. The van der Waals surface area contributed by atoms with Crippen molar-refractivity contribution in [1.29, 1.82) is 0 Å². The first-order valence-electron chi connectivity index (χ1n) is 7.06. The highest BCUT2D eigenvalue weighted by molar-refractivity contribution is 7.18. The zero-order chi connectivity index (χ0) is 18.8. The molecule has 2 aromatic carbocycles. The van der Waals surface area contributed by atoms with Gasteiger partial charge < -0.3 is 9.84 Å². The summed E-state index contributed by atoms with van der Waals surface area (Å²) in [6.07, 6.45) is 0. The molecule has 1 amide bonds. The number of phenols is 1. The van der Waals surface area contributed by atoms with Gasteiger partial charge in [-0.2, -0.15) is 0 Å². The lowest BCUT2D eigenvalue weighted by molar-refractivity contribution is 0.102. The zero-order valence-corrected chi connectivity index (χ0v) is 16.2. The van der Waals surface area contributed by atoms with Crippen LogP contribution >= 0.6 is 46.1 Å². The van der Waals surface area contributed by atoms with E-state index in [9.17, 15) is 9.90 Å². The van der Waals surface area contributed by atoms with E-state index in [0.717, 1.165) is 11.3 Å². The molecule has 0 fully saturated rings. The summed E-state index contributed by atoms with van der Waals surface area (Å²) in [5.41, 5.74) is 0.661. The molecule has 1 heterocycles. The maximum atomic E-state index is 12.3. The van der Waals surface area contributed by atoms with Crippen molar-refractivity contribution in [3.05, 3.63) is 51.0 Å². The van der Waals surface area contributed by atoms with Gasteiger partial charge in [0.15, 0.2) is 5.01 Å². The number of methoxy groups -OCH3 is 1. The van der Waals surface area contributed by atoms with Crippen molar-refractivity contribution in [1.82, 2.24) is 10.2 Å². The third-order valence-corrected chi connectivity index (χ3v) is 4.99. The number of carbonyl (C=O) groups excluding carboxylic acids is 1. The third-order valence-electron chi connectivity index (χ3n) is 3.32. The number of ether oxygens (including phenoxy) is 1. The van der Waals surface area contributed by atoms with Crippen LogP contribution in [0.1, 0.15) is 10.4 Å². The summed E-state index contributed by atoms with van der Waals surface area (Å²) < 4.78 is 5.05. The molecule has 1 aromatic heterocycles. The first-order valence-corrected chi connectivity index (χ1v) is 9.01. The van der Waals surface area contributed by atoms with E-state index in [0.29, 0.717) is 31.9 Å². The van der Waals surface area contributed by atoms with Crippen molar-refractivity contribution in [2.45, 2.75) is 0 Å². The van der Waals surface area contributed by atoms with Crippen LogP contribution in [0.3, 0.4) is 0 Å². The maximum absolute atomic E-state index is 12.3. The summed E-state index contributed by atoms with van der Waals surface area (Å²) in [4.78, 5) is 12.3. The Morgan fingerprint density at radius 2 is 1.92 bits per heavy atom. The zero-order valence-electron chi connectivity index (χ0n) is 13.1. The number of carbonyl (C=O) groups is 1. The Hall–Kier alpha value is -2.06. The SMILES string of the molecule is COc1ccc(C(=O)Nc2nnc(-c3cc(Cl)cc(Cl)c3O)s2)cc1Cl. The summed E-state index contributed by atoms with van der Waals surface area (Å²) in [5.74, 6) is -0.104. The number of nitrogens with one attached hydrogen (secondary N) is 1. The molecule has 6 nitrogen and oxygen atoms in total. The van der Waals surface area contributed by atoms with Crippen LogP contribution in [-0.2, 0) is 0 Å². The fourth-order valence-corrected chi connectivity index (χ4v) is 3.60. The molecule has 3 rings (SSSR count). The quantitative estimate of drug-likeness (QED) is 0.599. The highest BCUT2D eigenvalue weighted by atomic mass is 35.5. The summed E-state index contributed by atoms with van der Waals surface area (Å²) in [6.45, 7) is 0. The minimum absolute atomic E-state index is 0.0983. The molecule has 0 unspecified atom stereocenters. The molecule has 0 saturated heterocycles. The molecule has 0 spiro atoms. The predicted molar refractivity (Wildman–Crippen MR) is 103 cm³/mol. The van der Waals surface area contributed by atoms with Gasteiger partial charge in [0.25, 0.3) is 5.91 Å². The normalized spacial score (nSPS) is 10.6. The second-order valence-electron chi connectivity index (χ2n) is 5.00. The minimum Gasteiger partial charge on any atom is -0.506 e. The molecule has 0 radical (unpaired) electrons. The number of anilines is 1. The average Bonchev–Trinajstić information content (AvgIpc) is 3.06. The third kappa shape index (κ3) is 3.86. The number of aromatic nitrogens is 2. The van der Waals surface area contributed by atoms with Crippen LogP contribution in [0.25, 0.3) is 10.6 Å². The van der Waals surface area contributed by atoms with Gasteiger partial charge >= 0.3 is 0 Å². The van der Waals surface area contributed by atoms with E-state index < -0.39 is 5.91 Å². The van der Waals surface area contributed by atoms with Gasteiger partial charge in [0, 0.05) is 10.6 Å². The van der Waals surface area contributed by atoms with E-state index in [4.69, 9.17) is 39.5 Å². The molecule has 0 aliphatic heterocycles. The van der Waals surface area contributed by atoms with Crippen molar-refractivity contribution in [2.24, 2.45) is 0 Å². The van der Waals surface area contributed by atoms with Crippen molar-refractivity contribution in [3.63, 3.8) is 0 Å². The second kappa shape index (κ2) is 7.67. The van der Waals surface area contributed by atoms with Gasteiger partial charge in [-0.15, -0.1) is 10.2 Å². The number of rotatable bonds is 4. The molecule has 0 atom stereocenters. The number of aromatic hydroxyl groups is 1. The lowest BCUT2D eigenvalue weighted by atomic mass is 10.2. The molecule has 134 valence electrons. The highest BCUT2D eigenvalue weighted by Crippen LogP contribution is 2.39. The van der Waals surface area contributed by atoms with E-state index in [1.165, 1.54) is 25.3 Å². The predicted octanol–water partition coefficient (Wildman–Crippen LogP) is 5.13. The standard InChI is InChI=1S/C16H10Cl3N3O3S/c1-25-12-3-2-7(4-10(12)18)14(24)20-16-22-21-15(26-16)9-5-8(17)6-11(19)13(9)23/h2-6,23H,1H3,(H,20,22,24). The average molecular weight is 431 g/mol. The van der Waals surface area contributed by atoms with E-state index in [1.807, 2.05) is 0 Å². The van der Waals surface area contributed by atoms with Crippen LogP contribution in [0, 0.1) is 0 Å². The highest BCUT2D eigenvalue weighted by Gasteiger charge is 2.17. The Bertz CT molecular complexity index is 994. The summed E-state index contributed by atoms with van der Waals surface area (Å²) in [7, 11) is 1.49. The molecular formula is C16H10Cl3N3O3S. The molecule has 26 heavy (non-hydrogen) atoms. The summed E-state index contributed by atoms with van der Waals surface area (Å²) in [5, 5.41) is 21.9. The van der Waals surface area contributed by atoms with Crippen LogP contribution in [0.4, 0.5) is 5.13 Å². The Kier molecular flexibility index (Phi) is 5.52. The van der Waals surface area contributed by atoms with Crippen LogP contribution < -0.4 is 10.1 Å². The lowest BCUT2D eigenvalue weighted by Crippen LogP contribution is -2.11. The number of halogens is 3. The number of benzene rings is 2. The Labute approximate surface area is 167 Å². The molecule has 10 heteroatoms. The van der Waals surface area contributed by atoms with Crippen LogP contribution in [0.15, 0.2) is 30.3 Å². The van der Waals surface area contributed by atoms with Gasteiger partial charge in [0.05, 0.1) is 22.7 Å². The van der Waals surface area contributed by atoms with E-state index in [2.05, 4.69) is 15.5 Å². The smallest absolute Gasteiger partial charge is 0.257 e. The Morgan fingerprint density at radius 3 is 2.62 bits per heavy atom. The molecule has 0 bridgehead atoms. The molecule has 0 aliphatic carbocycles. The van der Waals surface area contributed by atoms with Crippen molar-refractivity contribution in [2.75, 3.05) is 12.4 Å². The fourth-order valence-electron chi connectivity index (χ4n) is 2.09. The van der Waals surface area contributed by atoms with Gasteiger partial charge in [-0.05, 0) is 30.3 Å². The lowest BCUT2D eigenvalue weighted by Gasteiger charge is -2.05. The number of phenolic OH excluding ortho intramolecular Hbond substituents is 1. The summed E-state index contributed by atoms with van der Waals surface area (Å²) in [6, 6.07) is 7.58. The van der Waals surface area contributed by atoms with E-state index >= 15 is 0 Å². The fraction of sp³-hybridized carbons (Fsp3) is 0.0625. The molecule has 2 N–H and O–H groups in total. The Balaban J connectivity index is 1.83. The van der Waals surface area contributed by atoms with Crippen LogP contribution in [0.5, 0.6) is 11.5 Å². The molecule has 0 saturated carbocycles. The monoisotopic (exact) mass is 429 g/mol. The van der Waals surface area contributed by atoms with Crippen molar-refractivity contribution < 1.29 is 14.6 Å². The topological polar surface area (TPSA) is 84.3 Å². The van der Waals surface area contributed by atoms with Crippen LogP contribution in [0.2, 0.25) is 15.1 Å². The molecule has 0 aliphatic rings. The second-order valence-corrected chi connectivity index (χ2v) is 7.23. The van der Waals surface area contributed by atoms with Gasteiger partial charge in [-0.25, -0.2) is 0 Å². The van der Waals surface area contributed by atoms with Gasteiger partial charge in [-0.3, -0.25) is 10.1 Å². The number of amides is 1. The molecule has 3 aromatic rings. The minimum atomic E-state index is -0.411. The number of hydrogen-bond donors (Lipinski definition) is 2. The first-order chi connectivity index (χ1) is 12.4. The van der Waals surface area contributed by atoms with E-state index in [1.54, 1.807) is 12.1 Å². The van der Waals surface area contributed by atoms with Crippen LogP contribution in [-0.4, -0.2) is 28.3 Å². The first kappa shape index (κ1) is 18.7. The number of hydrogen-bond acceptors (Lipinski definition) is 6. The van der Waals surface area contributed by atoms with Gasteiger partial charge in [0.1, 0.15) is 11.5 Å². The van der Waals surface area contributed by atoms with Gasteiger partial charge in [-0.1, -0.05) is 46.1 Å². The van der Waals surface area contributed by atoms with E-state index in [-0.39, 0.29) is 15.9 Å². The largest absolute Gasteiger partial charge is 0.506 e.